The lowest BCUT2D eigenvalue weighted by molar-refractivity contribution is 0.588. The third-order valence-electron chi connectivity index (χ3n) is 2.90. The van der Waals surface area contributed by atoms with Gasteiger partial charge in [0.15, 0.2) is 5.16 Å². The van der Waals surface area contributed by atoms with E-state index in [1.54, 1.807) is 0 Å². The molecular weight excluding hydrogens is 284 g/mol. The average molecular weight is 304 g/mol. The van der Waals surface area contributed by atoms with Crippen LogP contribution >= 0.6 is 11.8 Å². The van der Waals surface area contributed by atoms with E-state index in [4.69, 9.17) is 5.73 Å². The van der Waals surface area contributed by atoms with Gasteiger partial charge in [0.2, 0.25) is 0 Å². The summed E-state index contributed by atoms with van der Waals surface area (Å²) in [7, 11) is 0. The largest absolute Gasteiger partial charge is 0.383 e. The molecule has 2 rings (SSSR count). The van der Waals surface area contributed by atoms with Crippen LogP contribution in [0.2, 0.25) is 0 Å². The number of hydrogen-bond donors (Lipinski definition) is 3. The zero-order valence-electron chi connectivity index (χ0n) is 12.4. The number of aromatic nitrogens is 2. The van der Waals surface area contributed by atoms with E-state index in [2.05, 4.69) is 41.3 Å². The highest BCUT2D eigenvalue weighted by atomic mass is 32.2. The van der Waals surface area contributed by atoms with E-state index in [1.807, 2.05) is 13.0 Å². The van der Waals surface area contributed by atoms with Crippen LogP contribution in [0.4, 0.5) is 5.82 Å². The fourth-order valence-corrected chi connectivity index (χ4v) is 2.73. The number of hydrogen-bond acceptors (Lipinski definition) is 5. The van der Waals surface area contributed by atoms with E-state index in [9.17, 15) is 4.79 Å². The SMILES string of the molecule is Cc1cc(CNC(C)C)ccc1Sc1nc(N)cc(=O)[nH]1. The molecule has 0 radical (unpaired) electrons. The Bertz CT molecular complexity index is 682. The van der Waals surface area contributed by atoms with Gasteiger partial charge in [-0.15, -0.1) is 0 Å². The van der Waals surface area contributed by atoms with Crippen molar-refractivity contribution in [2.24, 2.45) is 0 Å². The molecule has 0 saturated carbocycles. The van der Waals surface area contributed by atoms with Crippen LogP contribution in [0.5, 0.6) is 0 Å². The summed E-state index contributed by atoms with van der Waals surface area (Å²) >= 11 is 1.41. The minimum Gasteiger partial charge on any atom is -0.383 e. The molecule has 1 heterocycles. The van der Waals surface area contributed by atoms with Crippen LogP contribution in [0.1, 0.15) is 25.0 Å². The van der Waals surface area contributed by atoms with Gasteiger partial charge in [0.25, 0.3) is 5.56 Å². The predicted molar refractivity (Wildman–Crippen MR) is 86.5 cm³/mol. The summed E-state index contributed by atoms with van der Waals surface area (Å²) in [6.45, 7) is 7.14. The van der Waals surface area contributed by atoms with Crippen molar-refractivity contribution in [3.63, 3.8) is 0 Å². The van der Waals surface area contributed by atoms with Crippen LogP contribution < -0.4 is 16.6 Å². The van der Waals surface area contributed by atoms with E-state index in [0.29, 0.717) is 11.2 Å². The standard InChI is InChI=1S/C15H20N4OS/c1-9(2)17-8-11-4-5-12(10(3)6-11)21-15-18-13(16)7-14(20)19-15/h4-7,9,17H,8H2,1-3H3,(H3,16,18,19,20). The van der Waals surface area contributed by atoms with Crippen LogP contribution in [0.3, 0.4) is 0 Å². The monoisotopic (exact) mass is 304 g/mol. The Morgan fingerprint density at radius 2 is 2.14 bits per heavy atom. The first kappa shape index (κ1) is 15.6. The van der Waals surface area contributed by atoms with Crippen LogP contribution in [0.15, 0.2) is 39.1 Å². The number of nitrogen functional groups attached to an aromatic ring is 1. The molecule has 0 fully saturated rings. The predicted octanol–water partition coefficient (Wildman–Crippen LogP) is 2.31. The normalized spacial score (nSPS) is 11.0. The van der Waals surface area contributed by atoms with Gasteiger partial charge < -0.3 is 16.0 Å². The quantitative estimate of drug-likeness (QED) is 0.738. The Kier molecular flexibility index (Phi) is 5.03. The molecule has 1 aromatic heterocycles. The van der Waals surface area contributed by atoms with Gasteiger partial charge in [-0.1, -0.05) is 37.7 Å². The number of rotatable bonds is 5. The molecular formula is C15H20N4OS. The number of aromatic amines is 1. The lowest BCUT2D eigenvalue weighted by Gasteiger charge is -2.11. The minimum absolute atomic E-state index is 0.233. The van der Waals surface area contributed by atoms with E-state index in [1.165, 1.54) is 23.4 Å². The first-order valence-electron chi connectivity index (χ1n) is 6.81. The highest BCUT2D eigenvalue weighted by Crippen LogP contribution is 2.28. The summed E-state index contributed by atoms with van der Waals surface area (Å²) < 4.78 is 0. The number of H-pyrrole nitrogens is 1. The fraction of sp³-hybridized carbons (Fsp3) is 0.333. The molecule has 0 unspecified atom stereocenters. The second kappa shape index (κ2) is 6.78. The molecule has 0 aliphatic carbocycles. The van der Waals surface area contributed by atoms with E-state index in [-0.39, 0.29) is 11.4 Å². The van der Waals surface area contributed by atoms with Crippen molar-refractivity contribution in [1.29, 1.82) is 0 Å². The molecule has 1 aromatic carbocycles. The third-order valence-corrected chi connectivity index (χ3v) is 3.96. The lowest BCUT2D eigenvalue weighted by Crippen LogP contribution is -2.21. The van der Waals surface area contributed by atoms with Crippen molar-refractivity contribution in [2.45, 2.75) is 43.4 Å². The zero-order valence-corrected chi connectivity index (χ0v) is 13.3. The maximum absolute atomic E-state index is 11.4. The molecule has 6 heteroatoms. The van der Waals surface area contributed by atoms with Crippen molar-refractivity contribution in [2.75, 3.05) is 5.73 Å². The second-order valence-corrected chi connectivity index (χ2v) is 6.24. The second-order valence-electron chi connectivity index (χ2n) is 5.21. The van der Waals surface area contributed by atoms with E-state index in [0.717, 1.165) is 17.0 Å². The fourth-order valence-electron chi connectivity index (χ4n) is 1.86. The maximum Gasteiger partial charge on any atom is 0.253 e. The van der Waals surface area contributed by atoms with Gasteiger partial charge in [-0.05, 0) is 24.1 Å². The number of anilines is 1. The Balaban J connectivity index is 2.15. The molecule has 21 heavy (non-hydrogen) atoms. The molecule has 112 valence electrons. The summed E-state index contributed by atoms with van der Waals surface area (Å²) in [5, 5.41) is 3.90. The molecule has 0 atom stereocenters. The first-order chi connectivity index (χ1) is 9.94. The number of benzene rings is 1. The molecule has 0 aliphatic rings. The Morgan fingerprint density at radius 3 is 2.76 bits per heavy atom. The summed E-state index contributed by atoms with van der Waals surface area (Å²) in [6.07, 6.45) is 0. The van der Waals surface area contributed by atoms with Crippen molar-refractivity contribution in [3.8, 4) is 0 Å². The first-order valence-corrected chi connectivity index (χ1v) is 7.63. The summed E-state index contributed by atoms with van der Waals surface area (Å²) in [4.78, 5) is 19.3. The zero-order chi connectivity index (χ0) is 15.4. The molecule has 4 N–H and O–H groups in total. The van der Waals surface area contributed by atoms with Crippen LogP contribution in [0, 0.1) is 6.92 Å². The molecule has 0 aliphatic heterocycles. The van der Waals surface area contributed by atoms with E-state index >= 15 is 0 Å². The van der Waals surface area contributed by atoms with Crippen LogP contribution in [0.25, 0.3) is 0 Å². The van der Waals surface area contributed by atoms with Gasteiger partial charge in [-0.3, -0.25) is 4.79 Å². The summed E-state index contributed by atoms with van der Waals surface area (Å²) in [5.41, 5.74) is 7.74. The average Bonchev–Trinajstić information content (AvgIpc) is 2.38. The number of aryl methyl sites for hydroxylation is 1. The highest BCUT2D eigenvalue weighted by molar-refractivity contribution is 7.99. The highest BCUT2D eigenvalue weighted by Gasteiger charge is 2.06. The number of nitrogens with zero attached hydrogens (tertiary/aromatic N) is 1. The third kappa shape index (κ3) is 4.61. The van der Waals surface area contributed by atoms with Gasteiger partial charge in [-0.2, -0.15) is 0 Å². The van der Waals surface area contributed by atoms with Crippen molar-refractivity contribution < 1.29 is 0 Å². The Labute approximate surface area is 128 Å². The molecule has 5 nitrogen and oxygen atoms in total. The van der Waals surface area contributed by atoms with Crippen LogP contribution in [-0.4, -0.2) is 16.0 Å². The van der Waals surface area contributed by atoms with Gasteiger partial charge in [0.05, 0.1) is 0 Å². The molecule has 0 amide bonds. The number of nitrogens with two attached hydrogens (primary N) is 1. The van der Waals surface area contributed by atoms with Gasteiger partial charge in [-0.25, -0.2) is 4.98 Å². The molecule has 0 saturated heterocycles. The molecule has 2 aromatic rings. The van der Waals surface area contributed by atoms with Gasteiger partial charge >= 0.3 is 0 Å². The maximum atomic E-state index is 11.4. The molecule has 0 spiro atoms. The topological polar surface area (TPSA) is 83.8 Å². The molecule has 0 bridgehead atoms. The van der Waals surface area contributed by atoms with Crippen LogP contribution in [-0.2, 0) is 6.54 Å². The van der Waals surface area contributed by atoms with Crippen molar-refractivity contribution in [1.82, 2.24) is 15.3 Å². The van der Waals surface area contributed by atoms with E-state index < -0.39 is 0 Å². The summed E-state index contributed by atoms with van der Waals surface area (Å²) in [5.74, 6) is 0.233. The van der Waals surface area contributed by atoms with Gasteiger partial charge in [0, 0.05) is 23.5 Å². The Hall–Kier alpha value is -1.79. The number of nitrogens with one attached hydrogen (secondary N) is 2. The van der Waals surface area contributed by atoms with Crippen molar-refractivity contribution in [3.05, 3.63) is 45.7 Å². The smallest absolute Gasteiger partial charge is 0.253 e. The van der Waals surface area contributed by atoms with Gasteiger partial charge in [0.1, 0.15) is 5.82 Å². The lowest BCUT2D eigenvalue weighted by atomic mass is 10.1. The Morgan fingerprint density at radius 1 is 1.38 bits per heavy atom. The minimum atomic E-state index is -0.236. The summed E-state index contributed by atoms with van der Waals surface area (Å²) in [6, 6.07) is 8.00. The van der Waals surface area contributed by atoms with Crippen molar-refractivity contribution >= 4 is 17.6 Å².